The number of fused-ring (bicyclic) bond motifs is 1. The van der Waals surface area contributed by atoms with Crippen LogP contribution in [0.3, 0.4) is 0 Å². The standard InChI is InChI=1S/C71H100I6N22O15/c1-69(2,3)111-66(106)94-63(78)89-30-26-83-53-42(72)33-39(34-43(53)73)58(101)86-24-16-13-18-49(92-59(102)40-35-44(74)54(45(75)36-40)84-27-31-90-64(79)95-67(107)112-70(4,5)6)61(104)87-23-14-10-11-19-52(100)82-22-15-12-17-50(62(105)88-29-25-81-48-20-21-51(99(109)110)57-56(48)97-114-98-57)93-60(103)41-37-46(76)55(47(77)38-41)85-28-32-91-65(80)96-68(108)113-71(7,8)9/h20-21,33-38,49-50,57,81,83-85,98H,10-19,22-32H2,1-9H3,(H,82,100)(H,86,101)(H,87,104)(H,88,105)(H,92,102)(H,93,103)(H3,78,89,94,106)(H3,79,90,95,107)(H3,80,91,96,108)/t49-,50?,57?/m0/s1. The van der Waals surface area contributed by atoms with Gasteiger partial charge >= 0.3 is 18.3 Å². The van der Waals surface area contributed by atoms with Gasteiger partial charge in [0.1, 0.15) is 34.6 Å². The maximum atomic E-state index is 14.0. The number of allylic oxidation sites excluding steroid dienone is 2. The van der Waals surface area contributed by atoms with Gasteiger partial charge in [-0.15, -0.1) is 5.48 Å². The van der Waals surface area contributed by atoms with E-state index in [9.17, 15) is 53.3 Å². The van der Waals surface area contributed by atoms with Crippen LogP contribution in [-0.2, 0) is 33.5 Å². The zero-order valence-corrected chi connectivity index (χ0v) is 77.4. The lowest BCUT2D eigenvalue weighted by Gasteiger charge is -2.20. The van der Waals surface area contributed by atoms with E-state index in [-0.39, 0.29) is 106 Å². The van der Waals surface area contributed by atoms with Gasteiger partial charge in [0.25, 0.3) is 23.4 Å². The van der Waals surface area contributed by atoms with Crippen molar-refractivity contribution in [1.82, 2.24) is 74.6 Å². The first-order valence-electron chi connectivity index (χ1n) is 36.3. The summed E-state index contributed by atoms with van der Waals surface area (Å²) in [5.74, 6) is -3.05. The molecule has 0 spiro atoms. The number of nitrogens with zero attached hydrogens (tertiary/aromatic N) is 2. The second kappa shape index (κ2) is 48.3. The lowest BCUT2D eigenvalue weighted by molar-refractivity contribution is -0.429. The highest BCUT2D eigenvalue weighted by molar-refractivity contribution is 14.1. The number of unbranched alkanes of at least 4 members (excludes halogenated alkanes) is 4. The number of benzene rings is 3. The van der Waals surface area contributed by atoms with Crippen LogP contribution in [0.25, 0.3) is 0 Å². The van der Waals surface area contributed by atoms with Gasteiger partial charge in [-0.2, -0.15) is 0 Å². The Balaban J connectivity index is 1.13. The summed E-state index contributed by atoms with van der Waals surface area (Å²) >= 11 is 12.7. The molecule has 114 heavy (non-hydrogen) atoms. The zero-order chi connectivity index (χ0) is 84.5. The second-order valence-corrected chi connectivity index (χ2v) is 35.5. The monoisotopic (exact) mass is 2260 g/mol. The van der Waals surface area contributed by atoms with Crippen molar-refractivity contribution in [3.05, 3.63) is 108 Å². The Bertz CT molecular complexity index is 4010. The summed E-state index contributed by atoms with van der Waals surface area (Å²) in [5, 5.41) is 85.5. The molecular formula is C71H100I6N22O15. The summed E-state index contributed by atoms with van der Waals surface area (Å²) in [4.78, 5) is 135. The molecule has 0 fully saturated rings. The van der Waals surface area contributed by atoms with Crippen LogP contribution in [0.4, 0.5) is 31.4 Å². The highest BCUT2D eigenvalue weighted by atomic mass is 127. The molecule has 3 aromatic carbocycles. The smallest absolute Gasteiger partial charge is 0.414 e. The Morgan fingerprint density at radius 3 is 1.21 bits per heavy atom. The lowest BCUT2D eigenvalue weighted by Crippen LogP contribution is -2.48. The molecule has 0 radical (unpaired) electrons. The first-order valence-corrected chi connectivity index (χ1v) is 42.8. The van der Waals surface area contributed by atoms with Gasteiger partial charge in [0.05, 0.1) is 27.7 Å². The van der Waals surface area contributed by atoms with E-state index in [2.05, 4.69) is 231 Å². The predicted molar refractivity (Wildman–Crippen MR) is 483 cm³/mol. The summed E-state index contributed by atoms with van der Waals surface area (Å²) < 4.78 is 20.0. The van der Waals surface area contributed by atoms with Gasteiger partial charge < -0.3 is 83.3 Å². The van der Waals surface area contributed by atoms with E-state index in [0.29, 0.717) is 108 Å². The van der Waals surface area contributed by atoms with E-state index in [1.54, 1.807) is 98.7 Å². The van der Waals surface area contributed by atoms with Crippen LogP contribution in [0.15, 0.2) is 65.1 Å². The van der Waals surface area contributed by atoms with Crippen molar-refractivity contribution in [1.29, 1.82) is 16.2 Å². The van der Waals surface area contributed by atoms with Gasteiger partial charge in [-0.25, -0.2) is 14.4 Å². The maximum Gasteiger partial charge on any atom is 0.414 e. The maximum absolute atomic E-state index is 14.0. The highest BCUT2D eigenvalue weighted by Gasteiger charge is 2.39. The number of alkyl carbamates (subject to hydrolysis) is 3. The van der Waals surface area contributed by atoms with Crippen LogP contribution >= 0.6 is 136 Å². The summed E-state index contributed by atoms with van der Waals surface area (Å²) in [6.07, 6.45) is 4.62. The summed E-state index contributed by atoms with van der Waals surface area (Å²) in [6.45, 7) is 18.5. The first-order chi connectivity index (χ1) is 53.7. The van der Waals surface area contributed by atoms with E-state index in [0.717, 1.165) is 24.2 Å². The molecule has 2 aliphatic rings. The fourth-order valence-electron chi connectivity index (χ4n) is 10.4. The first kappa shape index (κ1) is 97.2. The summed E-state index contributed by atoms with van der Waals surface area (Å²) in [5.41, 5.74) is 4.19. The number of carbonyl (C=O) groups is 9. The van der Waals surface area contributed by atoms with Crippen molar-refractivity contribution < 1.29 is 67.2 Å². The molecule has 43 heteroatoms. The molecule has 1 aliphatic carbocycles. The highest BCUT2D eigenvalue weighted by Crippen LogP contribution is 2.30. The molecule has 0 saturated heterocycles. The van der Waals surface area contributed by atoms with Gasteiger partial charge in [0.2, 0.25) is 17.7 Å². The number of halogens is 6. The van der Waals surface area contributed by atoms with Gasteiger partial charge in [0.15, 0.2) is 23.9 Å². The Labute approximate surface area is 743 Å². The molecule has 1 aliphatic heterocycles. The number of oxime groups is 1. The van der Waals surface area contributed by atoms with Crippen molar-refractivity contribution in [3.8, 4) is 0 Å². The predicted octanol–water partition coefficient (Wildman–Crippen LogP) is 8.18. The van der Waals surface area contributed by atoms with E-state index in [4.69, 9.17) is 35.4 Å². The average molecular weight is 2260 g/mol. The van der Waals surface area contributed by atoms with Crippen LogP contribution < -0.4 is 90.5 Å². The van der Waals surface area contributed by atoms with Crippen LogP contribution in [0.2, 0.25) is 0 Å². The Hall–Kier alpha value is -7.41. The fourth-order valence-corrected chi connectivity index (χ4v) is 16.9. The average Bonchev–Trinajstić information content (AvgIpc) is 1.65. The molecule has 0 saturated carbocycles. The third-order valence-corrected chi connectivity index (χ3v) is 20.7. The molecule has 20 N–H and O–H groups in total. The number of hydrogen-bond acceptors (Lipinski definition) is 24. The molecule has 3 aromatic rings. The largest absolute Gasteiger partial charge is 0.444 e. The number of amides is 9. The molecule has 0 aromatic heterocycles. The van der Waals surface area contributed by atoms with Crippen molar-refractivity contribution in [3.63, 3.8) is 0 Å². The van der Waals surface area contributed by atoms with Crippen LogP contribution in [-0.4, -0.2) is 189 Å². The van der Waals surface area contributed by atoms with Crippen LogP contribution in [0.1, 0.15) is 158 Å². The van der Waals surface area contributed by atoms with Gasteiger partial charge in [0, 0.05) is 123 Å². The third kappa shape index (κ3) is 36.4. The third-order valence-electron chi connectivity index (χ3n) is 15.6. The fraction of sp³-hybridized carbons (Fsp3) is 0.507. The Kier molecular flexibility index (Phi) is 41.2. The molecule has 3 atom stereocenters. The molecule has 9 amide bonds. The number of anilines is 3. The van der Waals surface area contributed by atoms with E-state index in [1.807, 2.05) is 0 Å². The number of ether oxygens (including phenoxy) is 3. The number of nitrogens with one attached hydrogen (secondary N) is 20. The quantitative estimate of drug-likeness (QED) is 0.00485. The van der Waals surface area contributed by atoms with E-state index < -0.39 is 81.8 Å². The normalized spacial score (nSPS) is 13.4. The van der Waals surface area contributed by atoms with Crippen molar-refractivity contribution in [2.24, 2.45) is 5.16 Å². The van der Waals surface area contributed by atoms with Crippen molar-refractivity contribution in [2.45, 2.75) is 161 Å². The van der Waals surface area contributed by atoms with Gasteiger partial charge in [-0.1, -0.05) is 11.6 Å². The number of guanidine groups is 3. The molecule has 0 bridgehead atoms. The van der Waals surface area contributed by atoms with Crippen molar-refractivity contribution in [2.75, 3.05) is 87.9 Å². The number of hydrogen-bond donors (Lipinski definition) is 20. The zero-order valence-electron chi connectivity index (χ0n) is 64.5. The van der Waals surface area contributed by atoms with E-state index >= 15 is 0 Å². The SMILES string of the molecule is CC(C)(C)OC(=O)NC(=N)NCCNc1c(I)cc(C(=O)NCCCC[C@H](NC(=O)c2cc(I)c(NCCNC(=N)NC(=O)OC(C)(C)C)c(I)c2)C(=O)NCCCCCC(=O)NCCCCC(NC(=O)c2cc(I)c(NCCNC(=N)NC(=O)OC(C)(C)C)c(I)c2)C(=O)NCCNC2=CC=C([N+](=O)[O-])C3NON=C23)cc1I. The molecule has 1 heterocycles. The van der Waals surface area contributed by atoms with Gasteiger partial charge in [-0.05, 0) is 292 Å². The Morgan fingerprint density at radius 2 is 0.816 bits per heavy atom. The topological polar surface area (TPSA) is 522 Å². The lowest BCUT2D eigenvalue weighted by atomic mass is 10.0. The minimum atomic E-state index is -0.999. The number of carbonyl (C=O) groups excluding carboxylic acids is 9. The molecule has 626 valence electrons. The minimum absolute atomic E-state index is 0.0920. The molecule has 5 rings (SSSR count). The molecule has 2 unspecified atom stereocenters. The number of hydroxylamine groups is 1. The summed E-state index contributed by atoms with van der Waals surface area (Å²) in [6, 6.07) is 7.38. The number of rotatable bonds is 40. The van der Waals surface area contributed by atoms with E-state index in [1.165, 1.54) is 12.2 Å². The number of nitro groups is 1. The van der Waals surface area contributed by atoms with Gasteiger partial charge in [-0.3, -0.25) is 76.0 Å². The second-order valence-electron chi connectivity index (χ2n) is 28.5. The molecule has 37 nitrogen and oxygen atoms in total. The molecular weight excluding hydrogens is 2160 g/mol. The van der Waals surface area contributed by atoms with Crippen molar-refractivity contribution >= 4 is 230 Å². The van der Waals surface area contributed by atoms with Crippen LogP contribution in [0, 0.1) is 47.8 Å². The minimum Gasteiger partial charge on any atom is -0.444 e. The Morgan fingerprint density at radius 1 is 0.465 bits per heavy atom. The van der Waals surface area contributed by atoms with Crippen LogP contribution in [0.5, 0.6) is 0 Å². The summed E-state index contributed by atoms with van der Waals surface area (Å²) in [7, 11) is 0.